The van der Waals surface area contributed by atoms with Crippen molar-refractivity contribution in [2.24, 2.45) is 0 Å². The first-order chi connectivity index (χ1) is 12.1. The smallest absolute Gasteiger partial charge is 0.257 e. The molecule has 0 radical (unpaired) electrons. The van der Waals surface area contributed by atoms with Crippen LogP contribution in [0.5, 0.6) is 5.75 Å². The lowest BCUT2D eigenvalue weighted by atomic mass is 10.1. The monoisotopic (exact) mass is 347 g/mol. The van der Waals surface area contributed by atoms with Crippen LogP contribution in [0.25, 0.3) is 0 Å². The van der Waals surface area contributed by atoms with Gasteiger partial charge in [0, 0.05) is 39.3 Å². The van der Waals surface area contributed by atoms with Crippen molar-refractivity contribution >= 4 is 11.8 Å². The number of hydrogen-bond donors (Lipinski definition) is 0. The summed E-state index contributed by atoms with van der Waals surface area (Å²) in [6.07, 6.45) is 0.867. The number of likely N-dealkylation sites (N-methyl/N-ethyl adjacent to an activating group) is 1. The number of methoxy groups -OCH3 is 1. The van der Waals surface area contributed by atoms with E-state index in [9.17, 15) is 9.59 Å². The third kappa shape index (κ3) is 4.95. The fourth-order valence-corrected chi connectivity index (χ4v) is 3.19. The number of benzene rings is 1. The molecule has 0 atom stereocenters. The van der Waals surface area contributed by atoms with E-state index in [1.54, 1.807) is 19.2 Å². The highest BCUT2D eigenvalue weighted by atomic mass is 16.5. The van der Waals surface area contributed by atoms with Gasteiger partial charge in [-0.3, -0.25) is 14.5 Å². The molecule has 1 fully saturated rings. The first-order valence-corrected chi connectivity index (χ1v) is 9.03. The number of hydrogen-bond acceptors (Lipinski definition) is 4. The van der Waals surface area contributed by atoms with Crippen LogP contribution in [0.4, 0.5) is 0 Å². The van der Waals surface area contributed by atoms with Gasteiger partial charge in [0.05, 0.1) is 19.2 Å². The van der Waals surface area contributed by atoms with Gasteiger partial charge in [0.2, 0.25) is 5.91 Å². The minimum Gasteiger partial charge on any atom is -0.496 e. The fraction of sp³-hybridized carbons (Fsp3) is 0.579. The Morgan fingerprint density at radius 1 is 1.08 bits per heavy atom. The molecule has 0 unspecified atom stereocenters. The standard InChI is InChI=1S/C19H29N3O3/c1-4-21(5-2)18(23)15-20-11-8-12-22(14-13-20)19(24)16-9-6-7-10-17(16)25-3/h6-7,9-10H,4-5,8,11-15H2,1-3H3. The molecule has 0 bridgehead atoms. The topological polar surface area (TPSA) is 53.1 Å². The molecule has 0 spiro atoms. The summed E-state index contributed by atoms with van der Waals surface area (Å²) in [7, 11) is 1.58. The number of amides is 2. The van der Waals surface area contributed by atoms with E-state index in [1.165, 1.54) is 0 Å². The van der Waals surface area contributed by atoms with Crippen LogP contribution in [0, 0.1) is 0 Å². The Morgan fingerprint density at radius 2 is 1.80 bits per heavy atom. The van der Waals surface area contributed by atoms with E-state index >= 15 is 0 Å². The molecule has 0 aliphatic carbocycles. The lowest BCUT2D eigenvalue weighted by Crippen LogP contribution is -2.42. The molecule has 1 saturated heterocycles. The normalized spacial score (nSPS) is 15.6. The molecular formula is C19H29N3O3. The van der Waals surface area contributed by atoms with Crippen molar-refractivity contribution in [3.63, 3.8) is 0 Å². The third-order valence-corrected chi connectivity index (χ3v) is 4.69. The van der Waals surface area contributed by atoms with Gasteiger partial charge in [0.15, 0.2) is 0 Å². The van der Waals surface area contributed by atoms with Crippen LogP contribution >= 0.6 is 0 Å². The Morgan fingerprint density at radius 3 is 2.48 bits per heavy atom. The highest BCUT2D eigenvalue weighted by Gasteiger charge is 2.24. The van der Waals surface area contributed by atoms with Gasteiger partial charge in [-0.1, -0.05) is 12.1 Å². The zero-order valence-corrected chi connectivity index (χ0v) is 15.5. The van der Waals surface area contributed by atoms with E-state index < -0.39 is 0 Å². The molecule has 6 heteroatoms. The Labute approximate surface area is 150 Å². The number of carbonyl (C=O) groups excluding carboxylic acids is 2. The highest BCUT2D eigenvalue weighted by molar-refractivity contribution is 5.97. The second-order valence-corrected chi connectivity index (χ2v) is 6.19. The molecule has 1 aromatic rings. The van der Waals surface area contributed by atoms with Gasteiger partial charge < -0.3 is 14.5 Å². The maximum absolute atomic E-state index is 12.8. The van der Waals surface area contributed by atoms with Crippen LogP contribution in [0.1, 0.15) is 30.6 Å². The molecule has 25 heavy (non-hydrogen) atoms. The van der Waals surface area contributed by atoms with Gasteiger partial charge in [-0.2, -0.15) is 0 Å². The zero-order chi connectivity index (χ0) is 18.2. The summed E-state index contributed by atoms with van der Waals surface area (Å²) >= 11 is 0. The summed E-state index contributed by atoms with van der Waals surface area (Å²) in [6, 6.07) is 7.31. The van der Waals surface area contributed by atoms with E-state index in [1.807, 2.05) is 35.8 Å². The molecule has 1 aromatic carbocycles. The van der Waals surface area contributed by atoms with E-state index in [-0.39, 0.29) is 11.8 Å². The quantitative estimate of drug-likeness (QED) is 0.786. The third-order valence-electron chi connectivity index (χ3n) is 4.69. The van der Waals surface area contributed by atoms with Gasteiger partial charge in [-0.05, 0) is 32.4 Å². The number of carbonyl (C=O) groups is 2. The second kappa shape index (κ2) is 9.42. The lowest BCUT2D eigenvalue weighted by Gasteiger charge is -2.25. The van der Waals surface area contributed by atoms with Crippen LogP contribution < -0.4 is 4.74 Å². The Kier molecular flexibility index (Phi) is 7.25. The number of ether oxygens (including phenoxy) is 1. The lowest BCUT2D eigenvalue weighted by molar-refractivity contribution is -0.132. The number of nitrogens with zero attached hydrogens (tertiary/aromatic N) is 3. The van der Waals surface area contributed by atoms with Crippen LogP contribution in [-0.4, -0.2) is 79.4 Å². The summed E-state index contributed by atoms with van der Waals surface area (Å²) in [4.78, 5) is 31.0. The summed E-state index contributed by atoms with van der Waals surface area (Å²) in [5, 5.41) is 0. The zero-order valence-electron chi connectivity index (χ0n) is 15.5. The van der Waals surface area contributed by atoms with Crippen LogP contribution in [0.2, 0.25) is 0 Å². The maximum Gasteiger partial charge on any atom is 0.257 e. The predicted octanol–water partition coefficient (Wildman–Crippen LogP) is 1.71. The van der Waals surface area contributed by atoms with Crippen molar-refractivity contribution in [1.29, 1.82) is 0 Å². The Bertz CT molecular complexity index is 587. The Hall–Kier alpha value is -2.08. The Balaban J connectivity index is 1.97. The second-order valence-electron chi connectivity index (χ2n) is 6.19. The molecule has 2 amide bonds. The van der Waals surface area contributed by atoms with Gasteiger partial charge in [-0.25, -0.2) is 0 Å². The van der Waals surface area contributed by atoms with Crippen molar-refractivity contribution in [2.75, 3.05) is 52.9 Å². The SMILES string of the molecule is CCN(CC)C(=O)CN1CCCN(C(=O)c2ccccc2OC)CC1. The molecule has 6 nitrogen and oxygen atoms in total. The first kappa shape index (κ1) is 19.2. The molecule has 0 N–H and O–H groups in total. The minimum atomic E-state index is -0.00521. The average molecular weight is 347 g/mol. The molecule has 1 aliphatic heterocycles. The van der Waals surface area contributed by atoms with Gasteiger partial charge in [0.1, 0.15) is 5.75 Å². The van der Waals surface area contributed by atoms with Crippen LogP contribution in [0.15, 0.2) is 24.3 Å². The maximum atomic E-state index is 12.8. The molecule has 0 saturated carbocycles. The van der Waals surface area contributed by atoms with Gasteiger partial charge in [-0.15, -0.1) is 0 Å². The largest absolute Gasteiger partial charge is 0.496 e. The number of rotatable bonds is 6. The molecule has 0 aromatic heterocycles. The van der Waals surface area contributed by atoms with Gasteiger partial charge in [0.25, 0.3) is 5.91 Å². The molecule has 2 rings (SSSR count). The van der Waals surface area contributed by atoms with Crippen molar-refractivity contribution in [3.8, 4) is 5.75 Å². The predicted molar refractivity (Wildman–Crippen MR) is 97.9 cm³/mol. The van der Waals surface area contributed by atoms with Crippen LogP contribution in [0.3, 0.4) is 0 Å². The fourth-order valence-electron chi connectivity index (χ4n) is 3.19. The van der Waals surface area contributed by atoms with E-state index in [0.29, 0.717) is 37.5 Å². The van der Waals surface area contributed by atoms with E-state index in [2.05, 4.69) is 4.90 Å². The summed E-state index contributed by atoms with van der Waals surface area (Å²) in [5.41, 5.74) is 0.595. The molecule has 138 valence electrons. The highest BCUT2D eigenvalue weighted by Crippen LogP contribution is 2.20. The number of para-hydroxylation sites is 1. The van der Waals surface area contributed by atoms with Gasteiger partial charge >= 0.3 is 0 Å². The van der Waals surface area contributed by atoms with Crippen molar-refractivity contribution < 1.29 is 14.3 Å². The van der Waals surface area contributed by atoms with E-state index in [4.69, 9.17) is 4.74 Å². The molecule has 1 heterocycles. The van der Waals surface area contributed by atoms with E-state index in [0.717, 1.165) is 26.1 Å². The average Bonchev–Trinajstić information content (AvgIpc) is 2.87. The minimum absolute atomic E-state index is 0.00521. The molecule has 1 aliphatic rings. The first-order valence-electron chi connectivity index (χ1n) is 9.03. The summed E-state index contributed by atoms with van der Waals surface area (Å²) in [6.45, 7) is 8.78. The molecular weight excluding hydrogens is 318 g/mol. The van der Waals surface area contributed by atoms with Crippen molar-refractivity contribution in [1.82, 2.24) is 14.7 Å². The summed E-state index contributed by atoms with van der Waals surface area (Å²) < 4.78 is 5.31. The van der Waals surface area contributed by atoms with Crippen LogP contribution in [-0.2, 0) is 4.79 Å². The van der Waals surface area contributed by atoms with Crippen molar-refractivity contribution in [2.45, 2.75) is 20.3 Å². The summed E-state index contributed by atoms with van der Waals surface area (Å²) in [5.74, 6) is 0.759. The van der Waals surface area contributed by atoms with Crippen molar-refractivity contribution in [3.05, 3.63) is 29.8 Å².